The highest BCUT2D eigenvalue weighted by atomic mass is 32.2. The van der Waals surface area contributed by atoms with Crippen molar-refractivity contribution in [2.75, 3.05) is 4.72 Å². The van der Waals surface area contributed by atoms with Crippen LogP contribution in [0.2, 0.25) is 0 Å². The molecule has 1 atom stereocenters. The smallest absolute Gasteiger partial charge is 0.262 e. The van der Waals surface area contributed by atoms with Gasteiger partial charge in [-0.2, -0.15) is 0 Å². The Balaban J connectivity index is 1.43. The minimum absolute atomic E-state index is 0.208. The maximum absolute atomic E-state index is 12.1. The highest BCUT2D eigenvalue weighted by Crippen LogP contribution is 2.30. The van der Waals surface area contributed by atoms with Crippen molar-refractivity contribution in [1.82, 2.24) is 4.98 Å². The summed E-state index contributed by atoms with van der Waals surface area (Å²) in [6, 6.07) is 24.9. The topological polar surface area (TPSA) is 60.5 Å². The molecule has 0 bridgehead atoms. The van der Waals surface area contributed by atoms with E-state index in [-0.39, 0.29) is 6.61 Å². The standard InChI is InChI=1S/C22H18N2O3S/c25-28(26-16-17-6-5-13-23-15-17)24-19-9-4-10-20(14-19)27-22-12-3-8-18-7-1-2-11-21(18)22/h1-15,24H,16H2. The summed E-state index contributed by atoms with van der Waals surface area (Å²) in [6.07, 6.45) is 3.36. The average molecular weight is 390 g/mol. The van der Waals surface area contributed by atoms with Crippen LogP contribution in [0.5, 0.6) is 11.5 Å². The Morgan fingerprint density at radius 1 is 0.929 bits per heavy atom. The van der Waals surface area contributed by atoms with Gasteiger partial charge in [0, 0.05) is 23.8 Å². The van der Waals surface area contributed by atoms with Crippen molar-refractivity contribution < 1.29 is 13.1 Å². The average Bonchev–Trinajstić information content (AvgIpc) is 2.74. The van der Waals surface area contributed by atoms with Gasteiger partial charge in [0.15, 0.2) is 0 Å². The van der Waals surface area contributed by atoms with Crippen LogP contribution in [0.4, 0.5) is 5.69 Å². The van der Waals surface area contributed by atoms with Gasteiger partial charge in [0.2, 0.25) is 0 Å². The number of rotatable bonds is 7. The molecule has 0 saturated carbocycles. The molecule has 4 aromatic rings. The van der Waals surface area contributed by atoms with Gasteiger partial charge < -0.3 is 4.74 Å². The zero-order valence-electron chi connectivity index (χ0n) is 14.9. The van der Waals surface area contributed by atoms with E-state index in [0.29, 0.717) is 11.4 Å². The van der Waals surface area contributed by atoms with Crippen LogP contribution in [-0.2, 0) is 22.1 Å². The van der Waals surface area contributed by atoms with E-state index >= 15 is 0 Å². The number of fused-ring (bicyclic) bond motifs is 1. The fraction of sp³-hybridized carbons (Fsp3) is 0.0455. The summed E-state index contributed by atoms with van der Waals surface area (Å²) >= 11 is -1.68. The number of hydrogen-bond donors (Lipinski definition) is 1. The summed E-state index contributed by atoms with van der Waals surface area (Å²) in [6.45, 7) is 0.208. The van der Waals surface area contributed by atoms with Gasteiger partial charge in [-0.25, -0.2) is 4.21 Å². The lowest BCUT2D eigenvalue weighted by Crippen LogP contribution is -2.08. The van der Waals surface area contributed by atoms with Gasteiger partial charge in [-0.05, 0) is 35.2 Å². The molecule has 28 heavy (non-hydrogen) atoms. The van der Waals surface area contributed by atoms with Gasteiger partial charge in [0.1, 0.15) is 11.5 Å². The van der Waals surface area contributed by atoms with Crippen LogP contribution in [-0.4, -0.2) is 9.19 Å². The van der Waals surface area contributed by atoms with Gasteiger partial charge in [-0.3, -0.25) is 13.9 Å². The second kappa shape index (κ2) is 8.65. The number of aromatic nitrogens is 1. The minimum atomic E-state index is -1.68. The quantitative estimate of drug-likeness (QED) is 0.469. The molecule has 0 aliphatic rings. The lowest BCUT2D eigenvalue weighted by molar-refractivity contribution is 0.339. The van der Waals surface area contributed by atoms with E-state index in [1.54, 1.807) is 24.5 Å². The molecule has 5 nitrogen and oxygen atoms in total. The van der Waals surface area contributed by atoms with Crippen molar-refractivity contribution in [1.29, 1.82) is 0 Å². The van der Waals surface area contributed by atoms with Gasteiger partial charge >= 0.3 is 0 Å². The van der Waals surface area contributed by atoms with Crippen LogP contribution in [0.3, 0.4) is 0 Å². The third kappa shape index (κ3) is 4.54. The fourth-order valence-corrected chi connectivity index (χ4v) is 3.39. The molecule has 0 amide bonds. The first-order valence-electron chi connectivity index (χ1n) is 8.74. The van der Waals surface area contributed by atoms with Crippen LogP contribution in [0, 0.1) is 0 Å². The molecule has 3 aromatic carbocycles. The summed E-state index contributed by atoms with van der Waals surface area (Å²) in [4.78, 5) is 4.00. The molecular weight excluding hydrogens is 372 g/mol. The molecule has 0 fully saturated rings. The molecule has 1 N–H and O–H groups in total. The van der Waals surface area contributed by atoms with Gasteiger partial charge in [0.25, 0.3) is 11.3 Å². The predicted molar refractivity (Wildman–Crippen MR) is 111 cm³/mol. The van der Waals surface area contributed by atoms with E-state index in [9.17, 15) is 4.21 Å². The minimum Gasteiger partial charge on any atom is -0.457 e. The second-order valence-electron chi connectivity index (χ2n) is 6.07. The van der Waals surface area contributed by atoms with Crippen LogP contribution in [0.25, 0.3) is 10.8 Å². The third-order valence-electron chi connectivity index (χ3n) is 4.07. The van der Waals surface area contributed by atoms with Crippen molar-refractivity contribution in [3.8, 4) is 11.5 Å². The van der Waals surface area contributed by atoms with E-state index in [4.69, 9.17) is 8.92 Å². The van der Waals surface area contributed by atoms with Crippen molar-refractivity contribution in [3.05, 3.63) is 96.8 Å². The maximum Gasteiger partial charge on any atom is 0.262 e. The number of ether oxygens (including phenoxy) is 1. The van der Waals surface area contributed by atoms with E-state index in [2.05, 4.69) is 9.71 Å². The zero-order valence-corrected chi connectivity index (χ0v) is 15.8. The van der Waals surface area contributed by atoms with E-state index < -0.39 is 11.3 Å². The summed E-state index contributed by atoms with van der Waals surface area (Å²) in [5.41, 5.74) is 1.49. The molecule has 140 valence electrons. The number of benzene rings is 3. The lowest BCUT2D eigenvalue weighted by Gasteiger charge is -2.11. The summed E-state index contributed by atoms with van der Waals surface area (Å²) in [5, 5.41) is 2.14. The van der Waals surface area contributed by atoms with Crippen molar-refractivity contribution in [3.63, 3.8) is 0 Å². The van der Waals surface area contributed by atoms with Gasteiger partial charge in [0.05, 0.1) is 12.3 Å². The molecule has 0 saturated heterocycles. The fourth-order valence-electron chi connectivity index (χ4n) is 2.77. The summed E-state index contributed by atoms with van der Waals surface area (Å²) < 4.78 is 26.4. The second-order valence-corrected chi connectivity index (χ2v) is 6.98. The van der Waals surface area contributed by atoms with Crippen molar-refractivity contribution in [2.45, 2.75) is 6.61 Å². The first kappa shape index (κ1) is 18.2. The molecule has 1 unspecified atom stereocenters. The SMILES string of the molecule is O=S(Nc1cccc(Oc2cccc3ccccc23)c1)OCc1cccnc1. The molecule has 0 spiro atoms. The van der Waals surface area contributed by atoms with E-state index in [1.807, 2.05) is 66.7 Å². The van der Waals surface area contributed by atoms with Crippen LogP contribution >= 0.6 is 0 Å². The molecule has 1 aromatic heterocycles. The number of hydrogen-bond acceptors (Lipinski definition) is 4. The van der Waals surface area contributed by atoms with Crippen molar-refractivity contribution in [2.24, 2.45) is 0 Å². The largest absolute Gasteiger partial charge is 0.457 e. The number of anilines is 1. The third-order valence-corrected chi connectivity index (χ3v) is 4.80. The Labute approximate surface area is 165 Å². The number of pyridine rings is 1. The monoisotopic (exact) mass is 390 g/mol. The molecule has 0 aliphatic carbocycles. The highest BCUT2D eigenvalue weighted by molar-refractivity contribution is 7.81. The molecule has 0 radical (unpaired) electrons. The van der Waals surface area contributed by atoms with E-state index in [0.717, 1.165) is 22.1 Å². The number of nitrogens with zero attached hydrogens (tertiary/aromatic N) is 1. The predicted octanol–water partition coefficient (Wildman–Crippen LogP) is 5.23. The Morgan fingerprint density at radius 2 is 1.79 bits per heavy atom. The zero-order chi connectivity index (χ0) is 19.2. The van der Waals surface area contributed by atoms with Gasteiger partial charge in [-0.1, -0.05) is 48.5 Å². The normalized spacial score (nSPS) is 11.9. The molecular formula is C22H18N2O3S. The van der Waals surface area contributed by atoms with Crippen LogP contribution in [0.15, 0.2) is 91.3 Å². The Bertz CT molecular complexity index is 1100. The lowest BCUT2D eigenvalue weighted by atomic mass is 10.1. The maximum atomic E-state index is 12.1. The van der Waals surface area contributed by atoms with Crippen molar-refractivity contribution >= 4 is 27.7 Å². The summed E-state index contributed by atoms with van der Waals surface area (Å²) in [5.74, 6) is 1.41. The first-order valence-corrected chi connectivity index (χ1v) is 9.82. The van der Waals surface area contributed by atoms with E-state index in [1.165, 1.54) is 0 Å². The molecule has 4 rings (SSSR count). The van der Waals surface area contributed by atoms with Crippen LogP contribution in [0.1, 0.15) is 5.56 Å². The number of nitrogens with one attached hydrogen (secondary N) is 1. The Morgan fingerprint density at radius 3 is 2.68 bits per heavy atom. The highest BCUT2D eigenvalue weighted by Gasteiger charge is 2.06. The Kier molecular flexibility index (Phi) is 5.61. The Hall–Kier alpha value is -3.22. The van der Waals surface area contributed by atoms with Gasteiger partial charge in [-0.15, -0.1) is 0 Å². The molecule has 1 heterocycles. The van der Waals surface area contributed by atoms with Crippen LogP contribution < -0.4 is 9.46 Å². The summed E-state index contributed by atoms with van der Waals surface area (Å²) in [7, 11) is 0. The molecule has 6 heteroatoms. The molecule has 0 aliphatic heterocycles. The first-order chi connectivity index (χ1) is 13.8.